The number of hydrogen-bond donors (Lipinski definition) is 2. The average molecular weight is 442 g/mol. The molecule has 164 valence electrons. The molecule has 2 aliphatic rings. The predicted molar refractivity (Wildman–Crippen MR) is 123 cm³/mol. The lowest BCUT2D eigenvalue weighted by atomic mass is 9.93. The summed E-state index contributed by atoms with van der Waals surface area (Å²) in [4.78, 5) is 15.7. The minimum absolute atomic E-state index is 0. The normalized spacial score (nSPS) is 19.4. The number of carbonyl (C=O) groups excluding carboxylic acids is 1. The van der Waals surface area contributed by atoms with Gasteiger partial charge in [-0.15, -0.1) is 0 Å². The molecule has 2 fully saturated rings. The van der Waals surface area contributed by atoms with E-state index in [9.17, 15) is 13.2 Å². The number of benzene rings is 1. The van der Waals surface area contributed by atoms with Gasteiger partial charge >= 0.3 is 0 Å². The van der Waals surface area contributed by atoms with Crippen molar-refractivity contribution in [2.24, 2.45) is 5.92 Å². The molecule has 1 aromatic carbocycles. The third-order valence-electron chi connectivity index (χ3n) is 5.67. The highest BCUT2D eigenvalue weighted by Gasteiger charge is 2.51. The highest BCUT2D eigenvalue weighted by molar-refractivity contribution is 7.92. The maximum Gasteiger partial charge on any atom is 0.230 e. The van der Waals surface area contributed by atoms with Crippen molar-refractivity contribution in [2.75, 3.05) is 30.6 Å². The molecule has 6 nitrogen and oxygen atoms in total. The Labute approximate surface area is 182 Å². The first-order valence-electron chi connectivity index (χ1n) is 10.3. The molecule has 1 aromatic rings. The van der Waals surface area contributed by atoms with Crippen LogP contribution in [-0.4, -0.2) is 51.2 Å². The Morgan fingerprint density at radius 1 is 1.21 bits per heavy atom. The Morgan fingerprint density at radius 2 is 1.86 bits per heavy atom. The molecule has 0 spiro atoms. The summed E-state index contributed by atoms with van der Waals surface area (Å²) in [5.41, 5.74) is 0.882. The zero-order valence-electron chi connectivity index (χ0n) is 17.7. The molecule has 2 N–H and O–H groups in total. The molecule has 1 saturated heterocycles. The van der Waals surface area contributed by atoms with Crippen molar-refractivity contribution in [3.63, 3.8) is 0 Å². The van der Waals surface area contributed by atoms with Crippen molar-refractivity contribution in [3.8, 4) is 0 Å². The van der Waals surface area contributed by atoms with Gasteiger partial charge in [0, 0.05) is 18.3 Å². The van der Waals surface area contributed by atoms with E-state index in [1.54, 1.807) is 12.1 Å². The van der Waals surface area contributed by atoms with Crippen LogP contribution in [0.3, 0.4) is 0 Å². The van der Waals surface area contributed by atoms with Gasteiger partial charge in [-0.25, -0.2) is 8.42 Å². The first-order valence-corrected chi connectivity index (χ1v) is 12.2. The number of anilines is 1. The minimum atomic E-state index is -3.34. The number of sulfonamides is 1. The summed E-state index contributed by atoms with van der Waals surface area (Å²) >= 11 is 0. The van der Waals surface area contributed by atoms with Crippen LogP contribution in [0.1, 0.15) is 51.5 Å². The predicted octanol–water partition coefficient (Wildman–Crippen LogP) is 2.83. The van der Waals surface area contributed by atoms with E-state index in [-0.39, 0.29) is 25.4 Å². The first kappa shape index (κ1) is 24.0. The summed E-state index contributed by atoms with van der Waals surface area (Å²) in [6.45, 7) is 7.53. The van der Waals surface area contributed by atoms with Gasteiger partial charge in [-0.1, -0.05) is 26.0 Å². The summed E-state index contributed by atoms with van der Waals surface area (Å²) in [5.74, 6) is 0.596. The van der Waals surface area contributed by atoms with Crippen molar-refractivity contribution in [1.82, 2.24) is 10.2 Å². The number of amides is 1. The van der Waals surface area contributed by atoms with Crippen molar-refractivity contribution in [3.05, 3.63) is 29.8 Å². The number of likely N-dealkylation sites (tertiary alicyclic amines) is 1. The molecule has 0 bridgehead atoms. The van der Waals surface area contributed by atoms with E-state index in [0.29, 0.717) is 11.6 Å². The molecule has 1 atom stereocenters. The number of nitrogens with one attached hydrogen (secondary N) is 2. The SMILES string of the molecule is CC(C)C[C@@H](CN1CCCC1)NC(=O)C1(c2cccc(NS(C)(=O)=O)c2)CC1.S. The topological polar surface area (TPSA) is 78.5 Å². The summed E-state index contributed by atoms with van der Waals surface area (Å²) in [6.07, 6.45) is 6.19. The van der Waals surface area contributed by atoms with E-state index >= 15 is 0 Å². The summed E-state index contributed by atoms with van der Waals surface area (Å²) in [7, 11) is -3.34. The van der Waals surface area contributed by atoms with Gasteiger partial charge in [-0.05, 0) is 68.8 Å². The van der Waals surface area contributed by atoms with Crippen molar-refractivity contribution >= 4 is 35.1 Å². The Bertz CT molecular complexity index is 801. The van der Waals surface area contributed by atoms with Gasteiger partial charge in [0.1, 0.15) is 0 Å². The van der Waals surface area contributed by atoms with E-state index < -0.39 is 15.4 Å². The minimum Gasteiger partial charge on any atom is -0.351 e. The maximum atomic E-state index is 13.2. The average Bonchev–Trinajstić information content (AvgIpc) is 3.25. The molecular formula is C21H35N3O3S2. The lowest BCUT2D eigenvalue weighted by Gasteiger charge is -2.28. The Morgan fingerprint density at radius 3 is 2.41 bits per heavy atom. The third kappa shape index (κ3) is 6.62. The molecule has 8 heteroatoms. The molecular weight excluding hydrogens is 406 g/mol. The molecule has 29 heavy (non-hydrogen) atoms. The lowest BCUT2D eigenvalue weighted by Crippen LogP contribution is -2.47. The highest BCUT2D eigenvalue weighted by atomic mass is 32.2. The van der Waals surface area contributed by atoms with Gasteiger partial charge in [-0.3, -0.25) is 9.52 Å². The van der Waals surface area contributed by atoms with Crippen LogP contribution < -0.4 is 10.0 Å². The molecule has 1 aliphatic carbocycles. The quantitative estimate of drug-likeness (QED) is 0.618. The second kappa shape index (κ2) is 9.71. The fraction of sp³-hybridized carbons (Fsp3) is 0.667. The highest BCUT2D eigenvalue weighted by Crippen LogP contribution is 2.49. The van der Waals surface area contributed by atoms with Crippen LogP contribution in [0.5, 0.6) is 0 Å². The van der Waals surface area contributed by atoms with Crippen LogP contribution in [0, 0.1) is 5.92 Å². The van der Waals surface area contributed by atoms with Crippen LogP contribution in [0.2, 0.25) is 0 Å². The Kier molecular flexibility index (Phi) is 8.04. The van der Waals surface area contributed by atoms with E-state index in [1.807, 2.05) is 12.1 Å². The standard InChI is InChI=1S/C21H33N3O3S.H2S/c1-16(2)13-19(15-24-11-4-5-12-24)22-20(25)21(9-10-21)17-7-6-8-18(14-17)23-28(3,26)27;/h6-8,14,16,19,23H,4-5,9-13,15H2,1-3H3,(H,22,25);1H2/t19-;/m0./s1. The molecule has 1 saturated carbocycles. The summed E-state index contributed by atoms with van der Waals surface area (Å²) in [5, 5.41) is 3.32. The second-order valence-corrected chi connectivity index (χ2v) is 10.6. The molecule has 0 aromatic heterocycles. The van der Waals surface area contributed by atoms with Crippen LogP contribution in [0.4, 0.5) is 5.69 Å². The van der Waals surface area contributed by atoms with Crippen molar-refractivity contribution in [2.45, 2.75) is 57.4 Å². The fourth-order valence-corrected chi connectivity index (χ4v) is 4.77. The van der Waals surface area contributed by atoms with Gasteiger partial charge in [0.25, 0.3) is 0 Å². The summed E-state index contributed by atoms with van der Waals surface area (Å²) < 4.78 is 25.6. The molecule has 1 amide bonds. The van der Waals surface area contributed by atoms with E-state index in [4.69, 9.17) is 0 Å². The molecule has 3 rings (SSSR count). The van der Waals surface area contributed by atoms with E-state index in [1.165, 1.54) is 12.8 Å². The number of carbonyl (C=O) groups is 1. The van der Waals surface area contributed by atoms with Gasteiger partial charge in [-0.2, -0.15) is 13.5 Å². The zero-order chi connectivity index (χ0) is 20.4. The largest absolute Gasteiger partial charge is 0.351 e. The Hall–Kier alpha value is -1.25. The smallest absolute Gasteiger partial charge is 0.230 e. The van der Waals surface area contributed by atoms with E-state index in [0.717, 1.165) is 50.7 Å². The van der Waals surface area contributed by atoms with Crippen LogP contribution >= 0.6 is 13.5 Å². The van der Waals surface area contributed by atoms with Crippen molar-refractivity contribution in [1.29, 1.82) is 0 Å². The van der Waals surface area contributed by atoms with E-state index in [2.05, 4.69) is 28.8 Å². The number of nitrogens with zero attached hydrogens (tertiary/aromatic N) is 1. The first-order chi connectivity index (χ1) is 13.2. The van der Waals surface area contributed by atoms with Gasteiger partial charge in [0.2, 0.25) is 15.9 Å². The second-order valence-electron chi connectivity index (χ2n) is 8.84. The molecule has 1 heterocycles. The van der Waals surface area contributed by atoms with Crippen LogP contribution in [0.15, 0.2) is 24.3 Å². The lowest BCUT2D eigenvalue weighted by molar-refractivity contribution is -0.124. The molecule has 1 aliphatic heterocycles. The van der Waals surface area contributed by atoms with Gasteiger partial charge in [0.05, 0.1) is 11.7 Å². The monoisotopic (exact) mass is 441 g/mol. The number of hydrogen-bond acceptors (Lipinski definition) is 4. The molecule has 0 radical (unpaired) electrons. The number of rotatable bonds is 9. The third-order valence-corrected chi connectivity index (χ3v) is 6.28. The Balaban J connectivity index is 0.00000300. The van der Waals surface area contributed by atoms with Crippen molar-refractivity contribution < 1.29 is 13.2 Å². The fourth-order valence-electron chi connectivity index (χ4n) is 4.21. The molecule has 0 unspecified atom stereocenters. The maximum absolute atomic E-state index is 13.2. The van der Waals surface area contributed by atoms with Gasteiger partial charge in [0.15, 0.2) is 0 Å². The summed E-state index contributed by atoms with van der Waals surface area (Å²) in [6, 6.07) is 7.41. The van der Waals surface area contributed by atoms with Crippen LogP contribution in [-0.2, 0) is 20.2 Å². The zero-order valence-corrected chi connectivity index (χ0v) is 19.5. The van der Waals surface area contributed by atoms with Crippen LogP contribution in [0.25, 0.3) is 0 Å². The van der Waals surface area contributed by atoms with Gasteiger partial charge < -0.3 is 10.2 Å².